The third-order valence-electron chi connectivity index (χ3n) is 2.84. The van der Waals surface area contributed by atoms with Crippen LogP contribution in [0.3, 0.4) is 0 Å². The standard InChI is InChI=1S/C14H10Cl2N2S/c15-7-6-11-17-13(16)12-10(8-19-14(12)18-11)9-4-2-1-3-5-9/h1-5,8H,6-7H2. The van der Waals surface area contributed by atoms with E-state index in [1.165, 1.54) is 0 Å². The number of rotatable bonds is 3. The van der Waals surface area contributed by atoms with Crippen LogP contribution in [0.25, 0.3) is 21.3 Å². The summed E-state index contributed by atoms with van der Waals surface area (Å²) in [4.78, 5) is 9.75. The molecule has 0 spiro atoms. The van der Waals surface area contributed by atoms with Crippen LogP contribution in [0.1, 0.15) is 5.82 Å². The number of hydrogen-bond donors (Lipinski definition) is 0. The van der Waals surface area contributed by atoms with Crippen molar-refractivity contribution in [2.24, 2.45) is 0 Å². The predicted octanol–water partition coefficient (Wildman–Crippen LogP) is 4.79. The van der Waals surface area contributed by atoms with Crippen molar-refractivity contribution in [1.82, 2.24) is 9.97 Å². The first-order valence-electron chi connectivity index (χ1n) is 5.84. The van der Waals surface area contributed by atoms with Gasteiger partial charge in [-0.3, -0.25) is 0 Å². The highest BCUT2D eigenvalue weighted by atomic mass is 35.5. The number of benzene rings is 1. The lowest BCUT2D eigenvalue weighted by Gasteiger charge is -2.02. The highest BCUT2D eigenvalue weighted by Gasteiger charge is 2.13. The molecule has 1 aromatic carbocycles. The van der Waals surface area contributed by atoms with E-state index in [-0.39, 0.29) is 0 Å². The molecular formula is C14H10Cl2N2S. The normalized spacial score (nSPS) is 11.1. The van der Waals surface area contributed by atoms with Gasteiger partial charge in [0.2, 0.25) is 0 Å². The molecule has 0 atom stereocenters. The summed E-state index contributed by atoms with van der Waals surface area (Å²) in [5.41, 5.74) is 2.22. The van der Waals surface area contributed by atoms with E-state index in [9.17, 15) is 0 Å². The Kier molecular flexibility index (Phi) is 3.69. The molecule has 0 bridgehead atoms. The molecule has 5 heteroatoms. The van der Waals surface area contributed by atoms with Gasteiger partial charge in [0.05, 0.1) is 5.39 Å². The van der Waals surface area contributed by atoms with Crippen molar-refractivity contribution < 1.29 is 0 Å². The maximum Gasteiger partial charge on any atom is 0.142 e. The number of aryl methyl sites for hydroxylation is 1. The maximum absolute atomic E-state index is 6.31. The molecule has 2 aromatic heterocycles. The first kappa shape index (κ1) is 12.9. The van der Waals surface area contributed by atoms with Gasteiger partial charge in [-0.25, -0.2) is 9.97 Å². The molecular weight excluding hydrogens is 299 g/mol. The summed E-state index contributed by atoms with van der Waals surface area (Å²) in [7, 11) is 0. The highest BCUT2D eigenvalue weighted by molar-refractivity contribution is 7.17. The van der Waals surface area contributed by atoms with Crippen molar-refractivity contribution in [3.05, 3.63) is 46.7 Å². The minimum atomic E-state index is 0.499. The molecule has 2 heterocycles. The van der Waals surface area contributed by atoms with E-state index in [1.54, 1.807) is 11.3 Å². The van der Waals surface area contributed by atoms with Crippen LogP contribution in [0.15, 0.2) is 35.7 Å². The van der Waals surface area contributed by atoms with Crippen molar-refractivity contribution in [3.8, 4) is 11.1 Å². The molecule has 0 saturated carbocycles. The summed E-state index contributed by atoms with van der Waals surface area (Å²) in [6.07, 6.45) is 0.635. The fourth-order valence-electron chi connectivity index (χ4n) is 1.97. The van der Waals surface area contributed by atoms with Gasteiger partial charge in [-0.05, 0) is 5.56 Å². The van der Waals surface area contributed by atoms with Crippen LogP contribution in [0.2, 0.25) is 5.15 Å². The molecule has 0 N–H and O–H groups in total. The average molecular weight is 309 g/mol. The van der Waals surface area contributed by atoms with Crippen LogP contribution in [0.5, 0.6) is 0 Å². The predicted molar refractivity (Wildman–Crippen MR) is 82.3 cm³/mol. The van der Waals surface area contributed by atoms with Gasteiger partial charge in [0.1, 0.15) is 15.8 Å². The molecule has 0 aliphatic rings. The second-order valence-corrected chi connectivity index (χ2v) is 5.66. The van der Waals surface area contributed by atoms with Gasteiger partial charge < -0.3 is 0 Å². The molecule has 0 aliphatic heterocycles. The lowest BCUT2D eigenvalue weighted by Crippen LogP contribution is -1.96. The Morgan fingerprint density at radius 3 is 2.63 bits per heavy atom. The molecule has 3 rings (SSSR count). The third-order valence-corrected chi connectivity index (χ3v) is 4.17. The Balaban J connectivity index is 2.19. The van der Waals surface area contributed by atoms with Crippen LogP contribution in [0.4, 0.5) is 0 Å². The van der Waals surface area contributed by atoms with Gasteiger partial charge >= 0.3 is 0 Å². The smallest absolute Gasteiger partial charge is 0.142 e. The van der Waals surface area contributed by atoms with Crippen molar-refractivity contribution in [2.45, 2.75) is 6.42 Å². The molecule has 19 heavy (non-hydrogen) atoms. The van der Waals surface area contributed by atoms with Gasteiger partial charge in [-0.15, -0.1) is 22.9 Å². The number of halogens is 2. The first-order chi connectivity index (χ1) is 9.29. The summed E-state index contributed by atoms with van der Waals surface area (Å²) in [5.74, 6) is 1.20. The lowest BCUT2D eigenvalue weighted by molar-refractivity contribution is 0.970. The molecule has 0 amide bonds. The van der Waals surface area contributed by atoms with E-state index in [4.69, 9.17) is 23.2 Å². The number of aromatic nitrogens is 2. The van der Waals surface area contributed by atoms with Crippen molar-refractivity contribution in [3.63, 3.8) is 0 Å². The van der Waals surface area contributed by atoms with Gasteiger partial charge in [0.25, 0.3) is 0 Å². The fraction of sp³-hybridized carbons (Fsp3) is 0.143. The number of fused-ring (bicyclic) bond motifs is 1. The van der Waals surface area contributed by atoms with Gasteiger partial charge in [0, 0.05) is 23.2 Å². The van der Waals surface area contributed by atoms with E-state index in [2.05, 4.69) is 27.5 Å². The number of hydrogen-bond acceptors (Lipinski definition) is 3. The summed E-state index contributed by atoms with van der Waals surface area (Å²) < 4.78 is 0. The van der Waals surface area contributed by atoms with Crippen LogP contribution < -0.4 is 0 Å². The monoisotopic (exact) mass is 308 g/mol. The first-order valence-corrected chi connectivity index (χ1v) is 7.64. The Morgan fingerprint density at radius 2 is 1.89 bits per heavy atom. The summed E-state index contributed by atoms with van der Waals surface area (Å²) in [6, 6.07) is 10.1. The minimum absolute atomic E-state index is 0.499. The summed E-state index contributed by atoms with van der Waals surface area (Å²) in [6.45, 7) is 0. The third kappa shape index (κ3) is 2.46. The SMILES string of the molecule is ClCCc1nc(Cl)c2c(-c3ccccc3)csc2n1. The van der Waals surface area contributed by atoms with Gasteiger partial charge in [-0.1, -0.05) is 41.9 Å². The Morgan fingerprint density at radius 1 is 1.11 bits per heavy atom. The van der Waals surface area contributed by atoms with Crippen LogP contribution in [0, 0.1) is 0 Å². The topological polar surface area (TPSA) is 25.8 Å². The molecule has 0 fully saturated rings. The maximum atomic E-state index is 6.31. The van der Waals surface area contributed by atoms with Crippen LogP contribution >= 0.6 is 34.5 Å². The number of alkyl halides is 1. The number of nitrogens with zero attached hydrogens (tertiary/aromatic N) is 2. The quantitative estimate of drug-likeness (QED) is 0.513. The molecule has 3 aromatic rings. The minimum Gasteiger partial charge on any atom is -0.222 e. The number of thiophene rings is 1. The summed E-state index contributed by atoms with van der Waals surface area (Å²) in [5, 5.41) is 3.51. The van der Waals surface area contributed by atoms with Gasteiger partial charge in [0.15, 0.2) is 0 Å². The van der Waals surface area contributed by atoms with E-state index in [1.807, 2.05) is 18.2 Å². The van der Waals surface area contributed by atoms with Crippen molar-refractivity contribution in [2.75, 3.05) is 5.88 Å². The zero-order valence-corrected chi connectivity index (χ0v) is 12.3. The van der Waals surface area contributed by atoms with E-state index >= 15 is 0 Å². The molecule has 2 nitrogen and oxygen atoms in total. The fourth-order valence-corrected chi connectivity index (χ4v) is 3.45. The zero-order chi connectivity index (χ0) is 13.2. The molecule has 96 valence electrons. The van der Waals surface area contributed by atoms with Crippen LogP contribution in [-0.2, 0) is 6.42 Å². The Labute approximate surface area is 125 Å². The van der Waals surface area contributed by atoms with Crippen molar-refractivity contribution >= 4 is 44.8 Å². The second kappa shape index (κ2) is 5.45. The lowest BCUT2D eigenvalue weighted by atomic mass is 10.1. The Hall–Kier alpha value is -1.16. The average Bonchev–Trinajstić information content (AvgIpc) is 2.84. The largest absolute Gasteiger partial charge is 0.222 e. The van der Waals surface area contributed by atoms with E-state index < -0.39 is 0 Å². The van der Waals surface area contributed by atoms with Crippen LogP contribution in [-0.4, -0.2) is 15.8 Å². The molecule has 0 radical (unpaired) electrons. The van der Waals surface area contributed by atoms with Crippen molar-refractivity contribution in [1.29, 1.82) is 0 Å². The zero-order valence-electron chi connectivity index (χ0n) is 9.94. The second-order valence-electron chi connectivity index (χ2n) is 4.07. The van der Waals surface area contributed by atoms with Gasteiger partial charge in [-0.2, -0.15) is 0 Å². The van der Waals surface area contributed by atoms with E-state index in [0.29, 0.717) is 23.3 Å². The molecule has 0 unspecified atom stereocenters. The van der Waals surface area contributed by atoms with E-state index in [0.717, 1.165) is 21.3 Å². The molecule has 0 saturated heterocycles. The highest BCUT2D eigenvalue weighted by Crippen LogP contribution is 2.36. The molecule has 0 aliphatic carbocycles. The summed E-state index contributed by atoms with van der Waals surface area (Å²) >= 11 is 13.6. The Bertz CT molecular complexity index is 710.